The summed E-state index contributed by atoms with van der Waals surface area (Å²) in [4.78, 5) is 17.7. The van der Waals surface area contributed by atoms with E-state index in [2.05, 4.69) is 9.88 Å². The zero-order valence-corrected chi connectivity index (χ0v) is 21.1. The SMILES string of the molecule is COc1cc(C(=O)NCCc2nc3ccccc3n2Cc2c(Cl)cccc2Cl)cc(OC)c1OC. The lowest BCUT2D eigenvalue weighted by atomic mass is 10.1. The molecule has 0 fully saturated rings. The Kier molecular flexibility index (Phi) is 7.68. The van der Waals surface area contributed by atoms with Crippen molar-refractivity contribution in [1.82, 2.24) is 14.9 Å². The average Bonchev–Trinajstić information content (AvgIpc) is 3.22. The summed E-state index contributed by atoms with van der Waals surface area (Å²) >= 11 is 12.9. The Bertz CT molecular complexity index is 1320. The highest BCUT2D eigenvalue weighted by Gasteiger charge is 2.18. The van der Waals surface area contributed by atoms with Gasteiger partial charge in [-0.05, 0) is 36.4 Å². The van der Waals surface area contributed by atoms with E-state index >= 15 is 0 Å². The van der Waals surface area contributed by atoms with Gasteiger partial charge in [-0.15, -0.1) is 0 Å². The van der Waals surface area contributed by atoms with Crippen LogP contribution in [0.25, 0.3) is 11.0 Å². The van der Waals surface area contributed by atoms with Crippen molar-refractivity contribution in [2.24, 2.45) is 0 Å². The first-order valence-electron chi connectivity index (χ1n) is 10.9. The summed E-state index contributed by atoms with van der Waals surface area (Å²) in [5.41, 5.74) is 3.05. The molecular formula is C26H25Cl2N3O4. The standard InChI is InChI=1S/C26H25Cl2N3O4/c1-33-22-13-16(14-23(34-2)25(22)35-3)26(32)29-12-11-24-30-20-9-4-5-10-21(20)31(24)15-17-18(27)7-6-8-19(17)28/h4-10,13-14H,11-12,15H2,1-3H3,(H,29,32). The highest BCUT2D eigenvalue weighted by Crippen LogP contribution is 2.38. The molecule has 0 spiro atoms. The van der Waals surface area contributed by atoms with Crippen LogP contribution in [0.3, 0.4) is 0 Å². The van der Waals surface area contributed by atoms with Gasteiger partial charge in [0.15, 0.2) is 11.5 Å². The third-order valence-electron chi connectivity index (χ3n) is 5.67. The molecule has 0 aliphatic carbocycles. The molecule has 0 saturated heterocycles. The molecule has 4 rings (SSSR count). The van der Waals surface area contributed by atoms with Crippen molar-refractivity contribution in [2.45, 2.75) is 13.0 Å². The van der Waals surface area contributed by atoms with Crippen molar-refractivity contribution < 1.29 is 19.0 Å². The van der Waals surface area contributed by atoms with E-state index < -0.39 is 0 Å². The maximum atomic E-state index is 12.9. The van der Waals surface area contributed by atoms with Crippen LogP contribution in [0.2, 0.25) is 10.0 Å². The summed E-state index contributed by atoms with van der Waals surface area (Å²) in [6, 6.07) is 16.6. The molecule has 4 aromatic rings. The monoisotopic (exact) mass is 513 g/mol. The fraction of sp³-hybridized carbons (Fsp3) is 0.231. The van der Waals surface area contributed by atoms with E-state index in [4.69, 9.17) is 42.4 Å². The fourth-order valence-electron chi connectivity index (χ4n) is 3.94. The van der Waals surface area contributed by atoms with E-state index in [9.17, 15) is 4.79 Å². The van der Waals surface area contributed by atoms with Crippen LogP contribution in [0, 0.1) is 0 Å². The maximum absolute atomic E-state index is 12.9. The van der Waals surface area contributed by atoms with Gasteiger partial charge < -0.3 is 24.1 Å². The van der Waals surface area contributed by atoms with Crippen molar-refractivity contribution in [3.63, 3.8) is 0 Å². The van der Waals surface area contributed by atoms with Crippen molar-refractivity contribution >= 4 is 40.1 Å². The number of aromatic nitrogens is 2. The lowest BCUT2D eigenvalue weighted by Gasteiger charge is -2.14. The Morgan fingerprint density at radius 3 is 2.23 bits per heavy atom. The first-order valence-corrected chi connectivity index (χ1v) is 11.7. The van der Waals surface area contributed by atoms with Crippen LogP contribution in [0.4, 0.5) is 0 Å². The fourth-order valence-corrected chi connectivity index (χ4v) is 4.45. The number of imidazole rings is 1. The number of nitrogens with one attached hydrogen (secondary N) is 1. The van der Waals surface area contributed by atoms with Gasteiger partial charge in [-0.1, -0.05) is 41.4 Å². The number of hydrogen-bond donors (Lipinski definition) is 1. The molecule has 0 radical (unpaired) electrons. The number of ether oxygens (including phenoxy) is 3. The van der Waals surface area contributed by atoms with Crippen LogP contribution in [0.15, 0.2) is 54.6 Å². The molecule has 0 unspecified atom stereocenters. The van der Waals surface area contributed by atoms with Gasteiger partial charge in [-0.2, -0.15) is 0 Å². The first kappa shape index (κ1) is 24.7. The van der Waals surface area contributed by atoms with E-state index in [1.54, 1.807) is 12.1 Å². The Labute approximate surface area is 213 Å². The lowest BCUT2D eigenvalue weighted by molar-refractivity contribution is 0.0953. The summed E-state index contributed by atoms with van der Waals surface area (Å²) in [6.07, 6.45) is 0.507. The van der Waals surface area contributed by atoms with Gasteiger partial charge >= 0.3 is 0 Å². The quantitative estimate of drug-likeness (QED) is 0.324. The maximum Gasteiger partial charge on any atom is 0.251 e. The number of carbonyl (C=O) groups is 1. The number of hydrogen-bond acceptors (Lipinski definition) is 5. The number of fused-ring (bicyclic) bond motifs is 1. The number of amides is 1. The first-order chi connectivity index (χ1) is 17.0. The molecule has 0 bridgehead atoms. The van der Waals surface area contributed by atoms with Crippen LogP contribution < -0.4 is 19.5 Å². The summed E-state index contributed by atoms with van der Waals surface area (Å²) in [5, 5.41) is 4.14. The number of methoxy groups -OCH3 is 3. The molecular weight excluding hydrogens is 489 g/mol. The van der Waals surface area contributed by atoms with Crippen LogP contribution in [-0.4, -0.2) is 43.3 Å². The van der Waals surface area contributed by atoms with Crippen LogP contribution >= 0.6 is 23.2 Å². The minimum atomic E-state index is -0.263. The van der Waals surface area contributed by atoms with Gasteiger partial charge in [0.1, 0.15) is 5.82 Å². The van der Waals surface area contributed by atoms with Crippen molar-refractivity contribution in [2.75, 3.05) is 27.9 Å². The molecule has 9 heteroatoms. The Balaban J connectivity index is 1.55. The van der Waals surface area contributed by atoms with Crippen LogP contribution in [0.1, 0.15) is 21.7 Å². The summed E-state index contributed by atoms with van der Waals surface area (Å²) < 4.78 is 18.1. The van der Waals surface area contributed by atoms with Gasteiger partial charge in [-0.3, -0.25) is 4.79 Å². The van der Waals surface area contributed by atoms with E-state index in [0.29, 0.717) is 52.4 Å². The minimum absolute atomic E-state index is 0.263. The molecule has 0 aliphatic heterocycles. The van der Waals surface area contributed by atoms with Gasteiger partial charge in [0.2, 0.25) is 5.75 Å². The van der Waals surface area contributed by atoms with Gasteiger partial charge in [0.25, 0.3) is 5.91 Å². The molecule has 7 nitrogen and oxygen atoms in total. The molecule has 182 valence electrons. The van der Waals surface area contributed by atoms with Gasteiger partial charge in [0.05, 0.1) is 38.9 Å². The van der Waals surface area contributed by atoms with Crippen LogP contribution in [-0.2, 0) is 13.0 Å². The number of halogens is 2. The van der Waals surface area contributed by atoms with E-state index in [-0.39, 0.29) is 5.91 Å². The largest absolute Gasteiger partial charge is 0.493 e. The predicted molar refractivity (Wildman–Crippen MR) is 137 cm³/mol. The smallest absolute Gasteiger partial charge is 0.251 e. The molecule has 0 saturated carbocycles. The highest BCUT2D eigenvalue weighted by molar-refractivity contribution is 6.36. The second-order valence-electron chi connectivity index (χ2n) is 7.72. The van der Waals surface area contributed by atoms with Gasteiger partial charge in [0, 0.05) is 34.1 Å². The number of para-hydroxylation sites is 2. The third-order valence-corrected chi connectivity index (χ3v) is 6.38. The third kappa shape index (κ3) is 5.16. The molecule has 35 heavy (non-hydrogen) atoms. The molecule has 1 heterocycles. The number of carbonyl (C=O) groups excluding carboxylic acids is 1. The molecule has 1 aromatic heterocycles. The summed E-state index contributed by atoms with van der Waals surface area (Å²) in [5.74, 6) is 1.80. The minimum Gasteiger partial charge on any atom is -0.493 e. The number of benzene rings is 3. The normalized spacial score (nSPS) is 10.9. The second-order valence-corrected chi connectivity index (χ2v) is 8.54. The predicted octanol–water partition coefficient (Wildman–Crippen LogP) is 5.39. The highest BCUT2D eigenvalue weighted by atomic mass is 35.5. The molecule has 1 amide bonds. The molecule has 1 N–H and O–H groups in total. The topological polar surface area (TPSA) is 74.6 Å². The Morgan fingerprint density at radius 2 is 1.60 bits per heavy atom. The second kappa shape index (κ2) is 10.9. The zero-order valence-electron chi connectivity index (χ0n) is 19.6. The number of rotatable bonds is 9. The Morgan fingerprint density at radius 1 is 0.943 bits per heavy atom. The lowest BCUT2D eigenvalue weighted by Crippen LogP contribution is -2.26. The van der Waals surface area contributed by atoms with Crippen molar-refractivity contribution in [3.8, 4) is 17.2 Å². The summed E-state index contributed by atoms with van der Waals surface area (Å²) in [7, 11) is 4.53. The van der Waals surface area contributed by atoms with Crippen molar-refractivity contribution in [1.29, 1.82) is 0 Å². The van der Waals surface area contributed by atoms with E-state index in [1.807, 2.05) is 42.5 Å². The average molecular weight is 514 g/mol. The Hall–Kier alpha value is -3.42. The van der Waals surface area contributed by atoms with Crippen molar-refractivity contribution in [3.05, 3.63) is 81.6 Å². The zero-order chi connectivity index (χ0) is 24.9. The van der Waals surface area contributed by atoms with Crippen LogP contribution in [0.5, 0.6) is 17.2 Å². The molecule has 0 aliphatic rings. The van der Waals surface area contributed by atoms with E-state index in [1.165, 1.54) is 21.3 Å². The summed E-state index contributed by atoms with van der Waals surface area (Å²) in [6.45, 7) is 0.838. The molecule has 3 aromatic carbocycles. The van der Waals surface area contributed by atoms with Gasteiger partial charge in [-0.25, -0.2) is 4.98 Å². The number of nitrogens with zero attached hydrogens (tertiary/aromatic N) is 2. The van der Waals surface area contributed by atoms with E-state index in [0.717, 1.165) is 22.4 Å². The molecule has 0 atom stereocenters.